The van der Waals surface area contributed by atoms with E-state index in [0.29, 0.717) is 38.5 Å². The summed E-state index contributed by atoms with van der Waals surface area (Å²) in [7, 11) is 0. The van der Waals surface area contributed by atoms with Crippen LogP contribution in [0.4, 0.5) is 11.4 Å². The topological polar surface area (TPSA) is 79.4 Å². The highest BCUT2D eigenvalue weighted by atomic mass is 35.5. The highest BCUT2D eigenvalue weighted by Gasteiger charge is 2.59. The molecule has 1 amide bonds. The molecule has 7 rings (SSSR count). The van der Waals surface area contributed by atoms with E-state index in [2.05, 4.69) is 11.2 Å². The number of nitriles is 1. The van der Waals surface area contributed by atoms with Crippen LogP contribution in [0.2, 0.25) is 10.0 Å². The summed E-state index contributed by atoms with van der Waals surface area (Å²) in [5, 5.41) is 14.5. The van der Waals surface area contributed by atoms with Crippen LogP contribution < -0.4 is 9.64 Å². The molecule has 6 nitrogen and oxygen atoms in total. The first-order chi connectivity index (χ1) is 18.5. The summed E-state index contributed by atoms with van der Waals surface area (Å²) >= 11 is 13.0. The van der Waals surface area contributed by atoms with E-state index in [4.69, 9.17) is 37.7 Å². The number of aromatic nitrogens is 1. The zero-order valence-electron chi connectivity index (χ0n) is 20.2. The molecular weight excluding hydrogens is 521 g/mol. The third-order valence-electron chi connectivity index (χ3n) is 7.69. The first kappa shape index (κ1) is 23.3. The number of amides is 1. The molecule has 3 aromatic carbocycles. The molecule has 1 aromatic heterocycles. The second kappa shape index (κ2) is 8.62. The van der Waals surface area contributed by atoms with Crippen LogP contribution in [0.15, 0.2) is 65.2 Å². The van der Waals surface area contributed by atoms with Gasteiger partial charge in [0.05, 0.1) is 38.3 Å². The lowest BCUT2D eigenvalue weighted by Crippen LogP contribution is -2.27. The Hall–Kier alpha value is -3.79. The molecule has 0 saturated heterocycles. The van der Waals surface area contributed by atoms with Gasteiger partial charge in [-0.1, -0.05) is 34.4 Å². The van der Waals surface area contributed by atoms with Gasteiger partial charge >= 0.3 is 0 Å². The Morgan fingerprint density at radius 2 is 1.82 bits per heavy atom. The molecule has 188 valence electrons. The Balaban J connectivity index is 1.22. The normalized spacial score (nSPS) is 17.0. The van der Waals surface area contributed by atoms with E-state index in [9.17, 15) is 4.79 Å². The Kier molecular flexibility index (Phi) is 5.30. The monoisotopic (exact) mass is 541 g/mol. The number of benzene rings is 3. The summed E-state index contributed by atoms with van der Waals surface area (Å²) in [4.78, 5) is 15.3. The highest BCUT2D eigenvalue weighted by molar-refractivity contribution is 6.39. The van der Waals surface area contributed by atoms with Crippen LogP contribution >= 0.6 is 23.2 Å². The largest absolute Gasteiger partial charge is 0.489 e. The summed E-state index contributed by atoms with van der Waals surface area (Å²) < 4.78 is 12.1. The summed E-state index contributed by atoms with van der Waals surface area (Å²) in [5.41, 5.74) is 4.73. The van der Waals surface area contributed by atoms with Crippen molar-refractivity contribution in [2.75, 3.05) is 4.90 Å². The van der Waals surface area contributed by atoms with Crippen molar-refractivity contribution in [2.24, 2.45) is 0 Å². The van der Waals surface area contributed by atoms with Gasteiger partial charge in [0.1, 0.15) is 23.8 Å². The number of anilines is 2. The lowest BCUT2D eigenvalue weighted by Gasteiger charge is -2.18. The molecule has 2 saturated carbocycles. The zero-order valence-corrected chi connectivity index (χ0v) is 21.7. The molecule has 2 heterocycles. The standard InChI is InChI=1S/C30H21Cl2N3O3/c31-23-2-1-3-24(32)26(23)27-21(28(38-34-27)18-6-7-18)16-37-20-10-11-25-22(14-20)30(12-13-30)29(36)35(25)19-8-4-17(15-33)5-9-19/h1-5,8-11,14,18H,6-7,12-13,16H2. The van der Waals surface area contributed by atoms with E-state index in [1.54, 1.807) is 35.2 Å². The number of hydrogen-bond donors (Lipinski definition) is 0. The number of carbonyl (C=O) groups excluding carboxylic acids is 1. The molecule has 2 aliphatic carbocycles. The maximum atomic E-state index is 13.5. The fraction of sp³-hybridized carbons (Fsp3) is 0.233. The minimum atomic E-state index is -0.505. The Labute approximate surface area is 229 Å². The van der Waals surface area contributed by atoms with Crippen LogP contribution in [0.25, 0.3) is 11.3 Å². The van der Waals surface area contributed by atoms with Gasteiger partial charge in [0.2, 0.25) is 5.91 Å². The second-order valence-electron chi connectivity index (χ2n) is 10.1. The Bertz CT molecular complexity index is 1630. The maximum Gasteiger partial charge on any atom is 0.242 e. The van der Waals surface area contributed by atoms with Crippen LogP contribution in [-0.4, -0.2) is 11.1 Å². The van der Waals surface area contributed by atoms with Gasteiger partial charge in [-0.2, -0.15) is 5.26 Å². The summed E-state index contributed by atoms with van der Waals surface area (Å²) in [6.45, 7) is 0.241. The summed E-state index contributed by atoms with van der Waals surface area (Å²) in [6, 6.07) is 20.4. The molecular formula is C30H21Cl2N3O3. The van der Waals surface area contributed by atoms with E-state index in [0.717, 1.165) is 53.9 Å². The molecule has 0 N–H and O–H groups in total. The van der Waals surface area contributed by atoms with Crippen LogP contribution in [0.3, 0.4) is 0 Å². The molecule has 0 atom stereocenters. The summed E-state index contributed by atoms with van der Waals surface area (Å²) in [6.07, 6.45) is 3.71. The number of hydrogen-bond acceptors (Lipinski definition) is 5. The smallest absolute Gasteiger partial charge is 0.242 e. The molecule has 3 aliphatic rings. The van der Waals surface area contributed by atoms with Gasteiger partial charge in [0.25, 0.3) is 0 Å². The van der Waals surface area contributed by atoms with E-state index in [1.807, 2.05) is 30.3 Å². The highest BCUT2D eigenvalue weighted by Crippen LogP contribution is 2.59. The zero-order chi connectivity index (χ0) is 26.0. The third-order valence-corrected chi connectivity index (χ3v) is 8.32. The van der Waals surface area contributed by atoms with Crippen molar-refractivity contribution in [1.29, 1.82) is 5.26 Å². The fourth-order valence-electron chi connectivity index (χ4n) is 5.38. The van der Waals surface area contributed by atoms with Crippen LogP contribution in [0.5, 0.6) is 5.75 Å². The van der Waals surface area contributed by atoms with Crippen LogP contribution in [-0.2, 0) is 16.8 Å². The van der Waals surface area contributed by atoms with Crippen molar-refractivity contribution in [3.05, 3.63) is 93.2 Å². The van der Waals surface area contributed by atoms with E-state index in [-0.39, 0.29) is 12.5 Å². The van der Waals surface area contributed by atoms with Crippen LogP contribution in [0.1, 0.15) is 54.1 Å². The third kappa shape index (κ3) is 3.61. The van der Waals surface area contributed by atoms with Crippen molar-refractivity contribution < 1.29 is 14.1 Å². The predicted molar refractivity (Wildman–Crippen MR) is 144 cm³/mol. The Morgan fingerprint density at radius 3 is 2.47 bits per heavy atom. The van der Waals surface area contributed by atoms with Gasteiger partial charge < -0.3 is 9.26 Å². The average Bonchev–Trinajstić information content (AvgIpc) is 3.86. The van der Waals surface area contributed by atoms with Crippen molar-refractivity contribution in [3.63, 3.8) is 0 Å². The molecule has 4 aromatic rings. The molecule has 38 heavy (non-hydrogen) atoms. The lowest BCUT2D eigenvalue weighted by molar-refractivity contribution is -0.119. The molecule has 2 fully saturated rings. The van der Waals surface area contributed by atoms with Gasteiger partial charge in [-0.25, -0.2) is 0 Å². The van der Waals surface area contributed by atoms with Gasteiger partial charge in [0, 0.05) is 17.2 Å². The second-order valence-corrected chi connectivity index (χ2v) is 10.9. The van der Waals surface area contributed by atoms with E-state index < -0.39 is 5.41 Å². The van der Waals surface area contributed by atoms with Crippen molar-refractivity contribution in [1.82, 2.24) is 5.16 Å². The van der Waals surface area contributed by atoms with Gasteiger partial charge in [0.15, 0.2) is 0 Å². The van der Waals surface area contributed by atoms with Crippen molar-refractivity contribution >= 4 is 40.5 Å². The number of halogens is 2. The number of ether oxygens (including phenoxy) is 1. The number of carbonyl (C=O) groups is 1. The van der Waals surface area contributed by atoms with Gasteiger partial charge in [-0.05, 0) is 85.8 Å². The minimum absolute atomic E-state index is 0.0695. The first-order valence-electron chi connectivity index (χ1n) is 12.5. The SMILES string of the molecule is N#Cc1ccc(N2C(=O)C3(CC3)c3cc(OCc4c(-c5c(Cl)cccc5Cl)noc4C4CC4)ccc32)cc1. The Morgan fingerprint density at radius 1 is 1.08 bits per heavy atom. The predicted octanol–water partition coefficient (Wildman–Crippen LogP) is 7.69. The fourth-order valence-corrected chi connectivity index (χ4v) is 5.95. The van der Waals surface area contributed by atoms with Crippen molar-refractivity contribution in [3.8, 4) is 23.1 Å². The van der Waals surface area contributed by atoms with Gasteiger partial charge in [-0.3, -0.25) is 9.69 Å². The molecule has 0 unspecified atom stereocenters. The minimum Gasteiger partial charge on any atom is -0.489 e. The van der Waals surface area contributed by atoms with Crippen LogP contribution in [0, 0.1) is 11.3 Å². The molecule has 8 heteroatoms. The number of nitrogens with zero attached hydrogens (tertiary/aromatic N) is 3. The van der Waals surface area contributed by atoms with Crippen molar-refractivity contribution in [2.45, 2.75) is 43.6 Å². The quantitative estimate of drug-likeness (QED) is 0.250. The van der Waals surface area contributed by atoms with Gasteiger partial charge in [-0.15, -0.1) is 0 Å². The lowest BCUT2D eigenvalue weighted by atomic mass is 9.98. The number of rotatable bonds is 6. The number of fused-ring (bicyclic) bond motifs is 2. The molecule has 1 spiro atoms. The first-order valence-corrected chi connectivity index (χ1v) is 13.3. The molecule has 0 radical (unpaired) electrons. The maximum absolute atomic E-state index is 13.5. The van der Waals surface area contributed by atoms with E-state index in [1.165, 1.54) is 0 Å². The molecule has 1 aliphatic heterocycles. The summed E-state index contributed by atoms with van der Waals surface area (Å²) in [5.74, 6) is 1.88. The molecule has 0 bridgehead atoms. The average molecular weight is 542 g/mol. The van der Waals surface area contributed by atoms with E-state index >= 15 is 0 Å².